The van der Waals surface area contributed by atoms with Gasteiger partial charge in [0.05, 0.1) is 19.0 Å². The first-order valence-electron chi connectivity index (χ1n) is 12.3. The summed E-state index contributed by atoms with van der Waals surface area (Å²) >= 11 is 5.56. The lowest BCUT2D eigenvalue weighted by Crippen LogP contribution is -2.53. The molecule has 18 heteroatoms. The summed E-state index contributed by atoms with van der Waals surface area (Å²) < 4.78 is 52.6. The summed E-state index contributed by atoms with van der Waals surface area (Å²) in [5.74, 6) is -0.779. The molecule has 0 saturated carbocycles. The number of hydrogen-bond donors (Lipinski definition) is 5. The number of anilines is 1. The van der Waals surface area contributed by atoms with Gasteiger partial charge in [0.25, 0.3) is 12.0 Å². The lowest BCUT2D eigenvalue weighted by molar-refractivity contribution is -0.191. The van der Waals surface area contributed by atoms with Crippen LogP contribution in [-0.4, -0.2) is 78.7 Å². The monoisotopic (exact) mass is 618 g/mol. The maximum Gasteiger partial charge on any atom is 0.323 e. The van der Waals surface area contributed by atoms with E-state index in [9.17, 15) is 28.6 Å². The van der Waals surface area contributed by atoms with Crippen LogP contribution in [0.1, 0.15) is 27.0 Å². The third kappa shape index (κ3) is 6.40. The molecule has 3 aromatic rings. The number of benzene rings is 1. The second-order valence-corrected chi connectivity index (χ2v) is 12.6. The average molecular weight is 619 g/mol. The number of aromatic nitrogens is 4. The number of ether oxygens (including phenoxy) is 2. The Morgan fingerprint density at radius 3 is 2.63 bits per heavy atom. The van der Waals surface area contributed by atoms with Crippen LogP contribution in [0, 0.1) is 0 Å². The number of para-hydroxylation sites is 1. The van der Waals surface area contributed by atoms with Crippen LogP contribution in [0.15, 0.2) is 41.5 Å². The minimum Gasteiger partial charge on any atom is -0.462 e. The van der Waals surface area contributed by atoms with E-state index in [1.165, 1.54) is 19.1 Å². The SMILES string of the molecule is CC(C)OC(=O)[C@H](C)NP(=S)(OC[C@@]1(C(F)F)O[C@@H](n2cnc3c(=O)[nH]c(N)nc32)[C@H](O)[C@H]1O)Oc1ccccc1. The van der Waals surface area contributed by atoms with Crippen molar-refractivity contribution in [2.24, 2.45) is 0 Å². The molecular weight excluding hydrogens is 589 g/mol. The van der Waals surface area contributed by atoms with Crippen molar-refractivity contribution in [2.75, 3.05) is 12.3 Å². The predicted molar refractivity (Wildman–Crippen MR) is 145 cm³/mol. The number of halogens is 2. The molecule has 1 aliphatic heterocycles. The summed E-state index contributed by atoms with van der Waals surface area (Å²) in [5, 5.41) is 24.4. The van der Waals surface area contributed by atoms with Crippen molar-refractivity contribution < 1.29 is 42.3 Å². The summed E-state index contributed by atoms with van der Waals surface area (Å²) in [5.41, 5.74) is 1.68. The maximum absolute atomic E-state index is 14.7. The van der Waals surface area contributed by atoms with Gasteiger partial charge in [0.15, 0.2) is 23.0 Å². The zero-order valence-electron chi connectivity index (χ0n) is 22.0. The molecule has 2 aromatic heterocycles. The Labute approximate surface area is 237 Å². The third-order valence-electron chi connectivity index (χ3n) is 6.04. The second-order valence-electron chi connectivity index (χ2n) is 9.49. The van der Waals surface area contributed by atoms with Crippen LogP contribution in [0.25, 0.3) is 11.2 Å². The summed E-state index contributed by atoms with van der Waals surface area (Å²) in [6.07, 6.45) is -8.68. The van der Waals surface area contributed by atoms with Crippen LogP contribution in [-0.2, 0) is 30.6 Å². The number of carbonyl (C=O) groups excluding carboxylic acids is 1. The van der Waals surface area contributed by atoms with Gasteiger partial charge in [0.2, 0.25) is 5.95 Å². The zero-order valence-corrected chi connectivity index (χ0v) is 23.7. The zero-order chi connectivity index (χ0) is 30.1. The third-order valence-corrected chi connectivity index (χ3v) is 8.52. The fourth-order valence-corrected chi connectivity index (χ4v) is 6.46. The van der Waals surface area contributed by atoms with E-state index in [0.29, 0.717) is 0 Å². The van der Waals surface area contributed by atoms with Crippen LogP contribution in [0.3, 0.4) is 0 Å². The van der Waals surface area contributed by atoms with Gasteiger partial charge in [0.1, 0.15) is 24.0 Å². The Balaban J connectivity index is 1.64. The molecule has 0 radical (unpaired) electrons. The van der Waals surface area contributed by atoms with Crippen molar-refractivity contribution in [3.05, 3.63) is 47.0 Å². The molecule has 6 N–H and O–H groups in total. The van der Waals surface area contributed by atoms with Gasteiger partial charge in [-0.3, -0.25) is 19.1 Å². The number of imidazole rings is 1. The van der Waals surface area contributed by atoms with Gasteiger partial charge in [-0.15, -0.1) is 0 Å². The Hall–Kier alpha value is -3.05. The highest BCUT2D eigenvalue weighted by Gasteiger charge is 2.61. The highest BCUT2D eigenvalue weighted by Crippen LogP contribution is 2.49. The number of hydrogen-bond acceptors (Lipinski definition) is 12. The Morgan fingerprint density at radius 2 is 2.00 bits per heavy atom. The minimum atomic E-state index is -3.82. The van der Waals surface area contributed by atoms with Crippen molar-refractivity contribution in [1.82, 2.24) is 24.6 Å². The Kier molecular flexibility index (Phi) is 9.08. The number of esters is 1. The van der Waals surface area contributed by atoms with Gasteiger partial charge >= 0.3 is 12.6 Å². The minimum absolute atomic E-state index is 0.176. The quantitative estimate of drug-likeness (QED) is 0.152. The first-order valence-corrected chi connectivity index (χ1v) is 14.9. The molecule has 0 amide bonds. The van der Waals surface area contributed by atoms with E-state index < -0.39 is 67.4 Å². The van der Waals surface area contributed by atoms with Gasteiger partial charge in [0, 0.05) is 0 Å². The smallest absolute Gasteiger partial charge is 0.323 e. The molecule has 1 aliphatic rings. The van der Waals surface area contributed by atoms with Crippen LogP contribution in [0.2, 0.25) is 0 Å². The van der Waals surface area contributed by atoms with Gasteiger partial charge in [-0.25, -0.2) is 18.9 Å². The molecule has 4 rings (SSSR count). The molecule has 41 heavy (non-hydrogen) atoms. The van der Waals surface area contributed by atoms with E-state index in [2.05, 4.69) is 20.0 Å². The number of nitrogen functional groups attached to an aromatic ring is 1. The molecule has 1 aromatic carbocycles. The number of rotatable bonds is 11. The first-order chi connectivity index (χ1) is 19.3. The average Bonchev–Trinajstić information content (AvgIpc) is 3.42. The van der Waals surface area contributed by atoms with Gasteiger partial charge in [-0.1, -0.05) is 18.2 Å². The van der Waals surface area contributed by atoms with E-state index >= 15 is 0 Å². The molecule has 1 saturated heterocycles. The van der Waals surface area contributed by atoms with E-state index in [-0.39, 0.29) is 22.9 Å². The van der Waals surface area contributed by atoms with Gasteiger partial charge in [-0.2, -0.15) is 4.98 Å². The molecule has 1 unspecified atom stereocenters. The predicted octanol–water partition coefficient (Wildman–Crippen LogP) is 1.21. The number of fused-ring (bicyclic) bond motifs is 1. The van der Waals surface area contributed by atoms with E-state index in [0.717, 1.165) is 10.9 Å². The summed E-state index contributed by atoms with van der Waals surface area (Å²) in [4.78, 5) is 34.7. The number of aliphatic hydroxyl groups excluding tert-OH is 2. The summed E-state index contributed by atoms with van der Waals surface area (Å²) in [7, 11) is 0. The number of alkyl halides is 2. The number of carbonyl (C=O) groups is 1. The maximum atomic E-state index is 14.7. The van der Waals surface area contributed by atoms with Crippen LogP contribution in [0.5, 0.6) is 5.75 Å². The normalized spacial score (nSPS) is 25.0. The van der Waals surface area contributed by atoms with E-state index in [1.54, 1.807) is 32.0 Å². The topological polar surface area (TPSA) is 196 Å². The number of nitrogens with two attached hydrogens (primary N) is 1. The molecule has 14 nitrogen and oxygen atoms in total. The van der Waals surface area contributed by atoms with Crippen LogP contribution < -0.4 is 20.9 Å². The number of aliphatic hydroxyl groups is 2. The molecule has 6 atom stereocenters. The molecule has 224 valence electrons. The largest absolute Gasteiger partial charge is 0.462 e. The van der Waals surface area contributed by atoms with Crippen molar-refractivity contribution in [3.8, 4) is 5.75 Å². The molecule has 0 aliphatic carbocycles. The number of aromatic amines is 1. The Bertz CT molecular complexity index is 1490. The van der Waals surface area contributed by atoms with Crippen molar-refractivity contribution in [1.29, 1.82) is 0 Å². The summed E-state index contributed by atoms with van der Waals surface area (Å²) in [6, 6.07) is 6.99. The molecule has 3 heterocycles. The molecule has 1 fully saturated rings. The molecule has 0 spiro atoms. The van der Waals surface area contributed by atoms with Crippen molar-refractivity contribution in [2.45, 2.75) is 63.4 Å². The molecular formula is C23H29F2N6O8PS. The molecule has 0 bridgehead atoms. The fraction of sp³-hybridized carbons (Fsp3) is 0.478. The van der Waals surface area contributed by atoms with Crippen molar-refractivity contribution in [3.63, 3.8) is 0 Å². The highest BCUT2D eigenvalue weighted by atomic mass is 32.5. The first kappa shape index (κ1) is 30.9. The lowest BCUT2D eigenvalue weighted by Gasteiger charge is -2.34. The second kappa shape index (κ2) is 12.1. The summed E-state index contributed by atoms with van der Waals surface area (Å²) in [6.45, 7) is -0.181. The Morgan fingerprint density at radius 1 is 1.32 bits per heavy atom. The number of nitrogens with zero attached hydrogens (tertiary/aromatic N) is 3. The van der Waals surface area contributed by atoms with Crippen molar-refractivity contribution >= 4 is 41.5 Å². The van der Waals surface area contributed by atoms with Crippen LogP contribution >= 0.6 is 6.64 Å². The standard InChI is InChI=1S/C23H29F2N6O8PS/c1-11(2)37-20(35)12(3)30-40(41,39-13-7-5-4-6-8-13)36-9-23(21(24)25)16(33)15(32)19(38-23)31-10-27-14-17(31)28-22(26)29-18(14)34/h4-8,10-12,15-16,19,21,32-33H,9H2,1-3H3,(H,30,41)(H3,26,28,29,34)/t12-,15+,16+,19+,23+,40?/m0/s1. The van der Waals surface area contributed by atoms with Crippen LogP contribution in [0.4, 0.5) is 14.7 Å². The lowest BCUT2D eigenvalue weighted by atomic mass is 9.96. The fourth-order valence-electron chi connectivity index (χ4n) is 4.04. The number of H-pyrrole nitrogens is 1. The number of nitrogens with one attached hydrogen (secondary N) is 2. The van der Waals surface area contributed by atoms with E-state index in [1.807, 2.05) is 0 Å². The highest BCUT2D eigenvalue weighted by molar-refractivity contribution is 8.09. The van der Waals surface area contributed by atoms with Gasteiger partial charge < -0.3 is 34.5 Å². The van der Waals surface area contributed by atoms with Gasteiger partial charge in [-0.05, 0) is 44.7 Å². The van der Waals surface area contributed by atoms with E-state index in [4.69, 9.17) is 36.1 Å².